The van der Waals surface area contributed by atoms with E-state index in [1.54, 1.807) is 29.1 Å². The van der Waals surface area contributed by atoms with Gasteiger partial charge in [-0.15, -0.1) is 0 Å². The average molecular weight is 259 g/mol. The van der Waals surface area contributed by atoms with Crippen LogP contribution in [0.5, 0.6) is 11.6 Å². The normalized spacial score (nSPS) is 10.2. The van der Waals surface area contributed by atoms with E-state index in [1.807, 2.05) is 26.1 Å². The smallest absolute Gasteiger partial charge is 0.313 e. The summed E-state index contributed by atoms with van der Waals surface area (Å²) < 4.78 is 7.12. The molecule has 1 aromatic heterocycles. The van der Waals surface area contributed by atoms with Crippen molar-refractivity contribution in [2.75, 3.05) is 12.4 Å². The SMILES string of the molecule is CCCn1ccnc(Oc2ccc(NC)cc2)c1=O. The number of nitrogens with zero attached hydrogens (tertiary/aromatic N) is 2. The predicted octanol–water partition coefficient (Wildman–Crippen LogP) is 2.49. The van der Waals surface area contributed by atoms with E-state index >= 15 is 0 Å². The minimum Gasteiger partial charge on any atom is -0.435 e. The molecule has 5 nitrogen and oxygen atoms in total. The number of nitrogens with one attached hydrogen (secondary N) is 1. The first-order valence-corrected chi connectivity index (χ1v) is 6.25. The highest BCUT2D eigenvalue weighted by Gasteiger charge is 2.06. The fourth-order valence-corrected chi connectivity index (χ4v) is 1.72. The van der Waals surface area contributed by atoms with Gasteiger partial charge in [0, 0.05) is 31.7 Å². The summed E-state index contributed by atoms with van der Waals surface area (Å²) in [6.07, 6.45) is 4.14. The van der Waals surface area contributed by atoms with Crippen molar-refractivity contribution in [1.82, 2.24) is 9.55 Å². The van der Waals surface area contributed by atoms with Gasteiger partial charge in [0.05, 0.1) is 0 Å². The lowest BCUT2D eigenvalue weighted by molar-refractivity contribution is 0.443. The molecular weight excluding hydrogens is 242 g/mol. The fourth-order valence-electron chi connectivity index (χ4n) is 1.72. The van der Waals surface area contributed by atoms with E-state index in [0.29, 0.717) is 12.3 Å². The lowest BCUT2D eigenvalue weighted by atomic mass is 10.3. The monoisotopic (exact) mass is 259 g/mol. The molecule has 0 aliphatic rings. The first-order valence-electron chi connectivity index (χ1n) is 6.25. The van der Waals surface area contributed by atoms with Gasteiger partial charge < -0.3 is 14.6 Å². The van der Waals surface area contributed by atoms with Crippen molar-refractivity contribution < 1.29 is 4.74 Å². The second-order valence-electron chi connectivity index (χ2n) is 4.11. The molecule has 0 aliphatic heterocycles. The molecular formula is C14H17N3O2. The van der Waals surface area contributed by atoms with E-state index in [0.717, 1.165) is 12.1 Å². The molecule has 0 unspecified atom stereocenters. The van der Waals surface area contributed by atoms with Gasteiger partial charge >= 0.3 is 5.56 Å². The molecule has 0 atom stereocenters. The third-order valence-electron chi connectivity index (χ3n) is 2.70. The van der Waals surface area contributed by atoms with E-state index in [2.05, 4.69) is 10.3 Å². The predicted molar refractivity (Wildman–Crippen MR) is 74.9 cm³/mol. The third kappa shape index (κ3) is 3.13. The number of aryl methyl sites for hydroxylation is 1. The Morgan fingerprint density at radius 3 is 2.68 bits per heavy atom. The molecule has 19 heavy (non-hydrogen) atoms. The van der Waals surface area contributed by atoms with Crippen molar-refractivity contribution in [1.29, 1.82) is 0 Å². The summed E-state index contributed by atoms with van der Waals surface area (Å²) >= 11 is 0. The summed E-state index contributed by atoms with van der Waals surface area (Å²) in [5.74, 6) is 0.700. The number of rotatable bonds is 5. The Morgan fingerprint density at radius 2 is 2.05 bits per heavy atom. The van der Waals surface area contributed by atoms with Gasteiger partial charge in [0.25, 0.3) is 5.88 Å². The van der Waals surface area contributed by atoms with Gasteiger partial charge in [0.15, 0.2) is 0 Å². The van der Waals surface area contributed by atoms with Crippen LogP contribution in [0.1, 0.15) is 13.3 Å². The van der Waals surface area contributed by atoms with E-state index in [9.17, 15) is 4.79 Å². The van der Waals surface area contributed by atoms with Crippen LogP contribution >= 0.6 is 0 Å². The van der Waals surface area contributed by atoms with Crippen LogP contribution in [-0.4, -0.2) is 16.6 Å². The highest BCUT2D eigenvalue weighted by molar-refractivity contribution is 5.46. The topological polar surface area (TPSA) is 56.1 Å². The van der Waals surface area contributed by atoms with Crippen molar-refractivity contribution >= 4 is 5.69 Å². The molecule has 0 fully saturated rings. The molecule has 5 heteroatoms. The van der Waals surface area contributed by atoms with E-state index in [4.69, 9.17) is 4.74 Å². The summed E-state index contributed by atoms with van der Waals surface area (Å²) in [5, 5.41) is 3.02. The Bertz CT molecular complexity index is 590. The number of aromatic nitrogens is 2. The molecule has 0 radical (unpaired) electrons. The average Bonchev–Trinajstić information content (AvgIpc) is 2.44. The van der Waals surface area contributed by atoms with Crippen LogP contribution < -0.4 is 15.6 Å². The maximum absolute atomic E-state index is 12.0. The molecule has 0 saturated carbocycles. The summed E-state index contributed by atoms with van der Waals surface area (Å²) in [5.41, 5.74) is 0.777. The molecule has 2 aromatic rings. The molecule has 2 rings (SSSR count). The van der Waals surface area contributed by atoms with Gasteiger partial charge in [-0.05, 0) is 30.7 Å². The summed E-state index contributed by atoms with van der Waals surface area (Å²) in [4.78, 5) is 16.0. The van der Waals surface area contributed by atoms with Crippen molar-refractivity contribution in [3.8, 4) is 11.6 Å². The number of anilines is 1. The molecule has 1 aromatic carbocycles. The standard InChI is InChI=1S/C14H17N3O2/c1-3-9-17-10-8-16-13(14(17)18)19-12-6-4-11(15-2)5-7-12/h4-8,10,15H,3,9H2,1-2H3. The van der Waals surface area contributed by atoms with Gasteiger partial charge in [0.2, 0.25) is 0 Å². The van der Waals surface area contributed by atoms with Crippen molar-refractivity contribution in [2.45, 2.75) is 19.9 Å². The minimum atomic E-state index is -0.206. The summed E-state index contributed by atoms with van der Waals surface area (Å²) in [6.45, 7) is 2.68. The van der Waals surface area contributed by atoms with Crippen molar-refractivity contribution in [3.05, 3.63) is 47.0 Å². The Hall–Kier alpha value is -2.30. The van der Waals surface area contributed by atoms with Gasteiger partial charge in [-0.3, -0.25) is 4.79 Å². The Balaban J connectivity index is 2.22. The zero-order valence-corrected chi connectivity index (χ0v) is 11.1. The van der Waals surface area contributed by atoms with Crippen LogP contribution in [0.25, 0.3) is 0 Å². The molecule has 1 N–H and O–H groups in total. The van der Waals surface area contributed by atoms with Crippen LogP contribution in [0.2, 0.25) is 0 Å². The van der Waals surface area contributed by atoms with Crippen LogP contribution in [0.3, 0.4) is 0 Å². The van der Waals surface area contributed by atoms with Gasteiger partial charge in [0.1, 0.15) is 5.75 Å². The number of benzene rings is 1. The van der Waals surface area contributed by atoms with E-state index in [1.165, 1.54) is 0 Å². The van der Waals surface area contributed by atoms with Gasteiger partial charge in [-0.1, -0.05) is 6.92 Å². The maximum atomic E-state index is 12.0. The molecule has 0 spiro atoms. The van der Waals surface area contributed by atoms with Gasteiger partial charge in [-0.2, -0.15) is 0 Å². The summed E-state index contributed by atoms with van der Waals surface area (Å²) in [7, 11) is 1.85. The Labute approximate surface area is 111 Å². The number of hydrogen-bond acceptors (Lipinski definition) is 4. The highest BCUT2D eigenvalue weighted by atomic mass is 16.5. The molecule has 0 aliphatic carbocycles. The highest BCUT2D eigenvalue weighted by Crippen LogP contribution is 2.18. The largest absolute Gasteiger partial charge is 0.435 e. The van der Waals surface area contributed by atoms with Crippen LogP contribution in [-0.2, 0) is 6.54 Å². The second-order valence-corrected chi connectivity index (χ2v) is 4.11. The summed E-state index contributed by atoms with van der Waals surface area (Å²) in [6, 6.07) is 7.35. The van der Waals surface area contributed by atoms with Crippen molar-refractivity contribution in [2.24, 2.45) is 0 Å². The van der Waals surface area contributed by atoms with E-state index < -0.39 is 0 Å². The first-order chi connectivity index (χ1) is 9.24. The molecule has 0 amide bonds. The maximum Gasteiger partial charge on any atom is 0.313 e. The Kier molecular flexibility index (Phi) is 4.18. The van der Waals surface area contributed by atoms with E-state index in [-0.39, 0.29) is 11.4 Å². The number of ether oxygens (including phenoxy) is 1. The molecule has 0 bridgehead atoms. The van der Waals surface area contributed by atoms with Crippen LogP contribution in [0.4, 0.5) is 5.69 Å². The minimum absolute atomic E-state index is 0.105. The van der Waals surface area contributed by atoms with Crippen LogP contribution in [0.15, 0.2) is 41.5 Å². The first kappa shape index (κ1) is 13.1. The lowest BCUT2D eigenvalue weighted by Gasteiger charge is -2.08. The zero-order valence-electron chi connectivity index (χ0n) is 11.1. The Morgan fingerprint density at radius 1 is 1.32 bits per heavy atom. The van der Waals surface area contributed by atoms with Crippen LogP contribution in [0, 0.1) is 0 Å². The van der Waals surface area contributed by atoms with Crippen molar-refractivity contribution in [3.63, 3.8) is 0 Å². The molecule has 1 heterocycles. The second kappa shape index (κ2) is 6.04. The third-order valence-corrected chi connectivity index (χ3v) is 2.70. The zero-order chi connectivity index (χ0) is 13.7. The molecule has 100 valence electrons. The fraction of sp³-hybridized carbons (Fsp3) is 0.286. The lowest BCUT2D eigenvalue weighted by Crippen LogP contribution is -2.21. The molecule has 0 saturated heterocycles. The quantitative estimate of drug-likeness (QED) is 0.896. The number of hydrogen-bond donors (Lipinski definition) is 1. The van der Waals surface area contributed by atoms with Gasteiger partial charge in [-0.25, -0.2) is 4.98 Å².